The van der Waals surface area contributed by atoms with Crippen molar-refractivity contribution in [3.05, 3.63) is 152 Å². The van der Waals surface area contributed by atoms with Crippen LogP contribution in [0.5, 0.6) is 0 Å². The second-order valence-electron chi connectivity index (χ2n) is 10.5. The summed E-state index contributed by atoms with van der Waals surface area (Å²) < 4.78 is 1.00. The van der Waals surface area contributed by atoms with Crippen molar-refractivity contribution >= 4 is 59.0 Å². The molecule has 41 heavy (non-hydrogen) atoms. The van der Waals surface area contributed by atoms with Crippen molar-refractivity contribution in [3.63, 3.8) is 0 Å². The first-order chi connectivity index (χ1) is 20.1. The zero-order valence-electron chi connectivity index (χ0n) is 21.8. The lowest BCUT2D eigenvalue weighted by Gasteiger charge is -2.22. The van der Waals surface area contributed by atoms with Gasteiger partial charge in [0.2, 0.25) is 10.9 Å². The maximum atomic E-state index is 13.4. The van der Waals surface area contributed by atoms with Crippen LogP contribution >= 0.6 is 15.9 Å². The predicted octanol–water partition coefficient (Wildman–Crippen LogP) is 9.66. The van der Waals surface area contributed by atoms with E-state index in [9.17, 15) is 9.59 Å². The van der Waals surface area contributed by atoms with Gasteiger partial charge in [0.05, 0.1) is 0 Å². The maximum absolute atomic E-state index is 13.4. The molecule has 0 saturated carbocycles. The van der Waals surface area contributed by atoms with Crippen molar-refractivity contribution in [2.45, 2.75) is 0 Å². The molecule has 192 valence electrons. The van der Waals surface area contributed by atoms with Gasteiger partial charge in [-0.2, -0.15) is 0 Å². The molecular weight excluding hydrogens is 568 g/mol. The Hall–Kier alpha value is -4.86. The first-order valence-electron chi connectivity index (χ1n) is 13.6. The molecule has 0 aliphatic carbocycles. The first-order valence-corrected chi connectivity index (χ1v) is 14.3. The highest BCUT2D eigenvalue weighted by atomic mass is 79.9. The number of fused-ring (bicyclic) bond motifs is 3. The molecular formula is C38H21BrO2. The van der Waals surface area contributed by atoms with E-state index in [4.69, 9.17) is 0 Å². The van der Waals surface area contributed by atoms with Crippen molar-refractivity contribution in [2.75, 3.05) is 0 Å². The topological polar surface area (TPSA) is 34.1 Å². The number of hydrogen-bond acceptors (Lipinski definition) is 2. The Morgan fingerprint density at radius 2 is 0.902 bits per heavy atom. The van der Waals surface area contributed by atoms with Crippen LogP contribution in [0.3, 0.4) is 0 Å². The molecule has 0 aliphatic heterocycles. The van der Waals surface area contributed by atoms with Gasteiger partial charge in [0.1, 0.15) is 0 Å². The standard InChI is InChI=1S/C38H21BrO2/c39-25-15-7-14-24(20-25)31-21-30(22-10-3-1-4-11-22)35-26-16-8-18-28-33(26)34-27(17-9-19-29(34)38(41)37(28)40)36(35)32(31)23-12-5-2-6-13-23/h1-21H. The van der Waals surface area contributed by atoms with E-state index in [2.05, 4.69) is 101 Å². The molecule has 8 rings (SSSR count). The quantitative estimate of drug-likeness (QED) is 0.117. The predicted molar refractivity (Wildman–Crippen MR) is 175 cm³/mol. The van der Waals surface area contributed by atoms with Crippen LogP contribution in [0, 0.1) is 0 Å². The lowest BCUT2D eigenvalue weighted by atomic mass is 9.80. The fourth-order valence-electron chi connectivity index (χ4n) is 6.55. The van der Waals surface area contributed by atoms with Crippen LogP contribution in [0.1, 0.15) is 0 Å². The van der Waals surface area contributed by atoms with Crippen LogP contribution in [0.25, 0.3) is 76.5 Å². The third kappa shape index (κ3) is 3.49. The van der Waals surface area contributed by atoms with Crippen molar-refractivity contribution in [1.82, 2.24) is 0 Å². The highest BCUT2D eigenvalue weighted by molar-refractivity contribution is 9.10. The molecule has 0 spiro atoms. The summed E-state index contributed by atoms with van der Waals surface area (Å²) in [5.41, 5.74) is 5.69. The summed E-state index contributed by atoms with van der Waals surface area (Å²) in [6, 6.07) is 43.2. The van der Waals surface area contributed by atoms with Crippen molar-refractivity contribution in [3.8, 4) is 33.4 Å². The summed E-state index contributed by atoms with van der Waals surface area (Å²) in [5.74, 6) is 0. The molecule has 3 heteroatoms. The minimum Gasteiger partial charge on any atom is -0.285 e. The average molecular weight is 589 g/mol. The number of rotatable bonds is 3. The summed E-state index contributed by atoms with van der Waals surface area (Å²) >= 11 is 3.69. The average Bonchev–Trinajstić information content (AvgIpc) is 3.03. The van der Waals surface area contributed by atoms with Gasteiger partial charge in [-0.3, -0.25) is 9.59 Å². The SMILES string of the molecule is O=c1c(=O)c2cccc3c4c(-c5ccccc5)c(-c5cccc(Br)c5)cc(-c5ccccc5)c4c4cccc1c4c23. The van der Waals surface area contributed by atoms with E-state index in [1.165, 1.54) is 0 Å². The van der Waals surface area contributed by atoms with Crippen LogP contribution in [0.15, 0.2) is 141 Å². The van der Waals surface area contributed by atoms with Crippen molar-refractivity contribution in [1.29, 1.82) is 0 Å². The first kappa shape index (κ1) is 24.0. The van der Waals surface area contributed by atoms with E-state index in [0.29, 0.717) is 10.8 Å². The molecule has 8 aromatic rings. The van der Waals surface area contributed by atoms with Gasteiger partial charge in [-0.05, 0) is 73.1 Å². The molecule has 8 aromatic carbocycles. The van der Waals surface area contributed by atoms with E-state index >= 15 is 0 Å². The fraction of sp³-hybridized carbons (Fsp3) is 0. The minimum atomic E-state index is -0.442. The highest BCUT2D eigenvalue weighted by Gasteiger charge is 2.24. The van der Waals surface area contributed by atoms with Crippen LogP contribution in [-0.4, -0.2) is 0 Å². The Labute approximate surface area is 243 Å². The Morgan fingerprint density at radius 3 is 1.51 bits per heavy atom. The Kier molecular flexibility index (Phi) is 5.31. The summed E-state index contributed by atoms with van der Waals surface area (Å²) in [4.78, 5) is 26.7. The van der Waals surface area contributed by atoms with E-state index in [0.717, 1.165) is 70.2 Å². The molecule has 0 aliphatic rings. The summed E-state index contributed by atoms with van der Waals surface area (Å²) in [6.45, 7) is 0. The monoisotopic (exact) mass is 588 g/mol. The molecule has 0 N–H and O–H groups in total. The smallest absolute Gasteiger partial charge is 0.234 e. The Balaban J connectivity index is 1.75. The Morgan fingerprint density at radius 1 is 0.390 bits per heavy atom. The van der Waals surface area contributed by atoms with Gasteiger partial charge in [-0.1, -0.05) is 125 Å². The van der Waals surface area contributed by atoms with E-state index < -0.39 is 10.9 Å². The van der Waals surface area contributed by atoms with Gasteiger partial charge in [0.15, 0.2) is 0 Å². The lowest BCUT2D eigenvalue weighted by molar-refractivity contribution is 1.58. The number of halogens is 1. The highest BCUT2D eigenvalue weighted by Crippen LogP contribution is 2.50. The van der Waals surface area contributed by atoms with Gasteiger partial charge in [-0.15, -0.1) is 0 Å². The normalized spacial score (nSPS) is 11.7. The summed E-state index contributed by atoms with van der Waals surface area (Å²) in [7, 11) is 0. The van der Waals surface area contributed by atoms with Crippen LogP contribution in [0.2, 0.25) is 0 Å². The molecule has 0 saturated heterocycles. The third-order valence-corrected chi connectivity index (χ3v) is 8.72. The molecule has 0 heterocycles. The van der Waals surface area contributed by atoms with Crippen molar-refractivity contribution < 1.29 is 0 Å². The minimum absolute atomic E-state index is 0.440. The zero-order valence-corrected chi connectivity index (χ0v) is 23.4. The van der Waals surface area contributed by atoms with Gasteiger partial charge in [-0.25, -0.2) is 0 Å². The second kappa shape index (κ2) is 9.09. The van der Waals surface area contributed by atoms with Gasteiger partial charge < -0.3 is 0 Å². The lowest BCUT2D eigenvalue weighted by Crippen LogP contribution is -2.24. The fourth-order valence-corrected chi connectivity index (χ4v) is 6.95. The van der Waals surface area contributed by atoms with E-state index in [-0.39, 0.29) is 0 Å². The molecule has 0 unspecified atom stereocenters. The largest absolute Gasteiger partial charge is 0.285 e. The van der Waals surface area contributed by atoms with Crippen LogP contribution in [0.4, 0.5) is 0 Å². The van der Waals surface area contributed by atoms with Crippen LogP contribution in [-0.2, 0) is 0 Å². The number of hydrogen-bond donors (Lipinski definition) is 0. The Bertz CT molecular complexity index is 2400. The van der Waals surface area contributed by atoms with E-state index in [1.807, 2.05) is 30.3 Å². The third-order valence-electron chi connectivity index (χ3n) is 8.22. The molecule has 2 nitrogen and oxygen atoms in total. The molecule has 0 bridgehead atoms. The molecule has 0 fully saturated rings. The van der Waals surface area contributed by atoms with Gasteiger partial charge >= 0.3 is 0 Å². The van der Waals surface area contributed by atoms with Gasteiger partial charge in [0, 0.05) is 26.0 Å². The summed E-state index contributed by atoms with van der Waals surface area (Å²) in [6.07, 6.45) is 0. The van der Waals surface area contributed by atoms with Gasteiger partial charge in [0.25, 0.3) is 0 Å². The zero-order chi connectivity index (χ0) is 27.7. The van der Waals surface area contributed by atoms with E-state index in [1.54, 1.807) is 12.1 Å². The molecule has 0 radical (unpaired) electrons. The molecule has 0 aromatic heterocycles. The van der Waals surface area contributed by atoms with Crippen LogP contribution < -0.4 is 10.9 Å². The maximum Gasteiger partial charge on any atom is 0.234 e. The summed E-state index contributed by atoms with van der Waals surface area (Å²) in [5, 5.41) is 6.80. The van der Waals surface area contributed by atoms with Crippen molar-refractivity contribution in [2.24, 2.45) is 0 Å². The molecule has 0 amide bonds. The second-order valence-corrected chi connectivity index (χ2v) is 11.4. The molecule has 0 atom stereocenters. The number of benzene rings is 8.